The third-order valence-electron chi connectivity index (χ3n) is 5.19. The van der Waals surface area contributed by atoms with Gasteiger partial charge in [-0.3, -0.25) is 19.3 Å². The smallest absolute Gasteiger partial charge is 0.329 e. The number of benzene rings is 1. The Morgan fingerprint density at radius 1 is 1.13 bits per heavy atom. The number of amides is 3. The Labute approximate surface area is 184 Å². The normalized spacial score (nSPS) is 16.8. The van der Waals surface area contributed by atoms with Crippen LogP contribution in [0.1, 0.15) is 59.7 Å². The Balaban J connectivity index is 1.51. The first-order valence-electron chi connectivity index (χ1n) is 9.77. The molecule has 0 aromatic heterocycles. The summed E-state index contributed by atoms with van der Waals surface area (Å²) < 4.78 is 5.00. The second-order valence-corrected chi connectivity index (χ2v) is 8.10. The molecule has 1 N–H and O–H groups in total. The van der Waals surface area contributed by atoms with Gasteiger partial charge in [-0.15, -0.1) is 0 Å². The number of hydrogen-bond donors (Lipinski definition) is 1. The first kappa shape index (κ1) is 22.3. The Bertz CT molecular complexity index is 887. The van der Waals surface area contributed by atoms with Crippen molar-refractivity contribution in [1.29, 1.82) is 0 Å². The quantitative estimate of drug-likeness (QED) is 0.388. The molecule has 0 unspecified atom stereocenters. The lowest BCUT2D eigenvalue weighted by molar-refractivity contribution is -0.151. The number of esters is 1. The Kier molecular flexibility index (Phi) is 7.15. The minimum absolute atomic E-state index is 0.0730. The van der Waals surface area contributed by atoms with E-state index in [-0.39, 0.29) is 21.2 Å². The molecule has 9 heteroatoms. The molecule has 1 aromatic rings. The van der Waals surface area contributed by atoms with E-state index in [4.69, 9.17) is 27.9 Å². The van der Waals surface area contributed by atoms with Crippen molar-refractivity contribution >= 4 is 46.9 Å². The van der Waals surface area contributed by atoms with Crippen LogP contribution in [0.2, 0.25) is 10.0 Å². The number of rotatable bonds is 7. The van der Waals surface area contributed by atoms with E-state index in [0.29, 0.717) is 6.54 Å². The summed E-state index contributed by atoms with van der Waals surface area (Å²) in [6.07, 6.45) is 7.49. The van der Waals surface area contributed by atoms with Gasteiger partial charge in [0, 0.05) is 6.54 Å². The van der Waals surface area contributed by atoms with Gasteiger partial charge in [0.2, 0.25) is 0 Å². The maximum atomic E-state index is 12.6. The number of nitrogens with zero attached hydrogens (tertiary/aromatic N) is 1. The van der Waals surface area contributed by atoms with Crippen LogP contribution in [-0.4, -0.2) is 47.8 Å². The van der Waals surface area contributed by atoms with Crippen molar-refractivity contribution in [2.45, 2.75) is 45.1 Å². The average Bonchev–Trinajstić information content (AvgIpc) is 2.96. The van der Waals surface area contributed by atoms with Crippen molar-refractivity contribution in [1.82, 2.24) is 10.2 Å². The third-order valence-corrected chi connectivity index (χ3v) is 5.91. The molecule has 30 heavy (non-hydrogen) atoms. The predicted octanol–water partition coefficient (Wildman–Crippen LogP) is 3.53. The number of imide groups is 1. The van der Waals surface area contributed by atoms with Gasteiger partial charge < -0.3 is 10.1 Å². The van der Waals surface area contributed by atoms with Gasteiger partial charge in [-0.05, 0) is 51.2 Å². The first-order valence-corrected chi connectivity index (χ1v) is 10.5. The van der Waals surface area contributed by atoms with Crippen molar-refractivity contribution in [2.75, 3.05) is 13.2 Å². The minimum Gasteiger partial charge on any atom is -0.454 e. The van der Waals surface area contributed by atoms with E-state index >= 15 is 0 Å². The van der Waals surface area contributed by atoms with Crippen LogP contribution in [0, 0.1) is 0 Å². The van der Waals surface area contributed by atoms with Crippen molar-refractivity contribution in [3.63, 3.8) is 0 Å². The minimum atomic E-state index is -1.20. The number of halogens is 2. The van der Waals surface area contributed by atoms with Gasteiger partial charge in [0.05, 0.1) is 21.2 Å². The average molecular weight is 453 g/mol. The summed E-state index contributed by atoms with van der Waals surface area (Å²) in [6.45, 7) is 1.35. The molecule has 0 saturated carbocycles. The Morgan fingerprint density at radius 3 is 2.33 bits per heavy atom. The SMILES string of the molecule is C[C@@H](C(=O)OCC(=O)NCCC1=CCCCC1)N1C(=O)c2cc(Cl)c(Cl)cc2C1=O. The zero-order chi connectivity index (χ0) is 21.8. The van der Waals surface area contributed by atoms with Gasteiger partial charge in [0.15, 0.2) is 6.61 Å². The fourth-order valence-corrected chi connectivity index (χ4v) is 3.84. The number of carbonyl (C=O) groups excluding carboxylic acids is 4. The van der Waals surface area contributed by atoms with Crippen LogP contribution in [0.4, 0.5) is 0 Å². The van der Waals surface area contributed by atoms with E-state index in [1.54, 1.807) is 0 Å². The molecule has 2 aliphatic rings. The van der Waals surface area contributed by atoms with E-state index in [1.807, 2.05) is 0 Å². The van der Waals surface area contributed by atoms with E-state index in [2.05, 4.69) is 11.4 Å². The highest BCUT2D eigenvalue weighted by molar-refractivity contribution is 6.43. The summed E-state index contributed by atoms with van der Waals surface area (Å²) in [6, 6.07) is 1.40. The monoisotopic (exact) mass is 452 g/mol. The molecule has 0 fully saturated rings. The van der Waals surface area contributed by atoms with Gasteiger partial charge in [-0.1, -0.05) is 34.9 Å². The maximum absolute atomic E-state index is 12.6. The first-order chi connectivity index (χ1) is 14.3. The van der Waals surface area contributed by atoms with Gasteiger partial charge >= 0.3 is 5.97 Å². The molecule has 0 spiro atoms. The Morgan fingerprint density at radius 2 is 1.77 bits per heavy atom. The predicted molar refractivity (Wildman–Crippen MR) is 112 cm³/mol. The third kappa shape index (κ3) is 4.84. The van der Waals surface area contributed by atoms with E-state index in [0.717, 1.165) is 24.2 Å². The summed E-state index contributed by atoms with van der Waals surface area (Å²) >= 11 is 11.8. The number of hydrogen-bond acceptors (Lipinski definition) is 5. The summed E-state index contributed by atoms with van der Waals surface area (Å²) in [5.41, 5.74) is 1.48. The van der Waals surface area contributed by atoms with Gasteiger partial charge in [0.25, 0.3) is 17.7 Å². The lowest BCUT2D eigenvalue weighted by atomic mass is 9.97. The number of allylic oxidation sites excluding steroid dienone is 1. The number of nitrogens with one attached hydrogen (secondary N) is 1. The standard InChI is InChI=1S/C21H22Cl2N2O5/c1-12(25-19(27)14-9-16(22)17(23)10-15(14)20(25)28)21(29)30-11-18(26)24-8-7-13-5-3-2-4-6-13/h5,9-10,12H,2-4,6-8,11H2,1H3,(H,24,26)/t12-/m0/s1. The van der Waals surface area contributed by atoms with Crippen LogP contribution in [0.5, 0.6) is 0 Å². The van der Waals surface area contributed by atoms with Crippen LogP contribution >= 0.6 is 23.2 Å². The Hall–Kier alpha value is -2.38. The van der Waals surface area contributed by atoms with Crippen LogP contribution in [0.3, 0.4) is 0 Å². The van der Waals surface area contributed by atoms with E-state index < -0.39 is 36.3 Å². The zero-order valence-corrected chi connectivity index (χ0v) is 18.0. The van der Waals surface area contributed by atoms with Crippen molar-refractivity contribution in [2.24, 2.45) is 0 Å². The van der Waals surface area contributed by atoms with Crippen LogP contribution in [-0.2, 0) is 14.3 Å². The van der Waals surface area contributed by atoms with Crippen LogP contribution in [0.15, 0.2) is 23.8 Å². The molecule has 3 amide bonds. The lowest BCUT2D eigenvalue weighted by Gasteiger charge is -2.20. The van der Waals surface area contributed by atoms with Gasteiger partial charge in [-0.2, -0.15) is 0 Å². The fraction of sp³-hybridized carbons (Fsp3) is 0.429. The summed E-state index contributed by atoms with van der Waals surface area (Å²) in [5, 5.41) is 2.97. The molecule has 1 heterocycles. The van der Waals surface area contributed by atoms with E-state index in [9.17, 15) is 19.2 Å². The van der Waals surface area contributed by atoms with Crippen LogP contribution < -0.4 is 5.32 Å². The van der Waals surface area contributed by atoms with Crippen LogP contribution in [0.25, 0.3) is 0 Å². The largest absolute Gasteiger partial charge is 0.454 e. The van der Waals surface area contributed by atoms with Gasteiger partial charge in [-0.25, -0.2) is 4.79 Å². The molecule has 0 bridgehead atoms. The molecule has 7 nitrogen and oxygen atoms in total. The van der Waals surface area contributed by atoms with Crippen molar-refractivity contribution < 1.29 is 23.9 Å². The highest BCUT2D eigenvalue weighted by atomic mass is 35.5. The molecular weight excluding hydrogens is 431 g/mol. The molecule has 1 atom stereocenters. The molecule has 1 aromatic carbocycles. The fourth-order valence-electron chi connectivity index (χ4n) is 3.51. The second-order valence-electron chi connectivity index (χ2n) is 7.28. The van der Waals surface area contributed by atoms with E-state index in [1.165, 1.54) is 37.5 Å². The number of fused-ring (bicyclic) bond motifs is 1. The maximum Gasteiger partial charge on any atom is 0.329 e. The van der Waals surface area contributed by atoms with Gasteiger partial charge in [0.1, 0.15) is 6.04 Å². The molecule has 1 aliphatic carbocycles. The highest BCUT2D eigenvalue weighted by Crippen LogP contribution is 2.32. The summed E-state index contributed by atoms with van der Waals surface area (Å²) in [7, 11) is 0. The second kappa shape index (κ2) is 9.62. The number of carbonyl (C=O) groups is 4. The number of ether oxygens (including phenoxy) is 1. The zero-order valence-electron chi connectivity index (χ0n) is 16.5. The lowest BCUT2D eigenvalue weighted by Crippen LogP contribution is -2.44. The molecule has 160 valence electrons. The molecule has 0 radical (unpaired) electrons. The molecule has 3 rings (SSSR count). The topological polar surface area (TPSA) is 92.8 Å². The van der Waals surface area contributed by atoms with Crippen molar-refractivity contribution in [3.05, 3.63) is 45.0 Å². The molecule has 0 saturated heterocycles. The molecular formula is C21H22Cl2N2O5. The molecule has 1 aliphatic heterocycles. The summed E-state index contributed by atoms with van der Waals surface area (Å²) in [5.74, 6) is -2.62. The van der Waals surface area contributed by atoms with Crippen molar-refractivity contribution in [3.8, 4) is 0 Å². The highest BCUT2D eigenvalue weighted by Gasteiger charge is 2.42. The summed E-state index contributed by atoms with van der Waals surface area (Å²) in [4.78, 5) is 50.2.